The molecule has 0 atom stereocenters. The number of benzene rings is 1. The molecule has 0 bridgehead atoms. The van der Waals surface area contributed by atoms with E-state index in [1.807, 2.05) is 0 Å². The third-order valence-electron chi connectivity index (χ3n) is 3.28. The van der Waals surface area contributed by atoms with Gasteiger partial charge in [-0.25, -0.2) is 0 Å². The van der Waals surface area contributed by atoms with Crippen LogP contribution in [0.3, 0.4) is 0 Å². The van der Waals surface area contributed by atoms with Gasteiger partial charge in [-0.05, 0) is 36.4 Å². The lowest BCUT2D eigenvalue weighted by Gasteiger charge is -2.03. The molecule has 1 N–H and O–H groups in total. The molecule has 0 radical (unpaired) electrons. The summed E-state index contributed by atoms with van der Waals surface area (Å²) in [4.78, 5) is 25.2. The maximum absolute atomic E-state index is 12.2. The van der Waals surface area contributed by atoms with Crippen molar-refractivity contribution in [2.24, 2.45) is 0 Å². The monoisotopic (exact) mass is 312 g/mol. The van der Waals surface area contributed by atoms with Crippen molar-refractivity contribution in [2.75, 3.05) is 7.11 Å². The topological polar surface area (TPSA) is 98.4 Å². The van der Waals surface area contributed by atoms with Gasteiger partial charge in [0.1, 0.15) is 16.4 Å². The summed E-state index contributed by atoms with van der Waals surface area (Å²) < 4.78 is 10.1. The highest BCUT2D eigenvalue weighted by molar-refractivity contribution is 5.82. The molecule has 0 spiro atoms. The molecule has 3 aromatic rings. The highest BCUT2D eigenvalue weighted by Gasteiger charge is 2.10. The first-order chi connectivity index (χ1) is 11.1. The summed E-state index contributed by atoms with van der Waals surface area (Å²) in [6.45, 7) is 0. The van der Waals surface area contributed by atoms with Crippen molar-refractivity contribution in [3.63, 3.8) is 0 Å². The first-order valence-corrected chi connectivity index (χ1v) is 6.70. The molecule has 0 unspecified atom stereocenters. The van der Waals surface area contributed by atoms with Gasteiger partial charge < -0.3 is 14.1 Å². The van der Waals surface area contributed by atoms with Crippen LogP contribution < -0.4 is 10.2 Å². The van der Waals surface area contributed by atoms with E-state index in [2.05, 4.69) is 4.98 Å². The van der Waals surface area contributed by atoms with Gasteiger partial charge >= 0.3 is 5.88 Å². The van der Waals surface area contributed by atoms with E-state index in [-0.39, 0.29) is 11.3 Å². The largest absolute Gasteiger partial charge is 0.497 e. The van der Waals surface area contributed by atoms with Crippen molar-refractivity contribution in [1.82, 2.24) is 4.98 Å². The predicted octanol–water partition coefficient (Wildman–Crippen LogP) is 3.21. The molecule has 0 amide bonds. The average molecular weight is 312 g/mol. The number of rotatable bonds is 4. The van der Waals surface area contributed by atoms with Crippen molar-refractivity contribution < 1.29 is 14.1 Å². The summed E-state index contributed by atoms with van der Waals surface area (Å²) in [6.07, 6.45) is 3.17. The summed E-state index contributed by atoms with van der Waals surface area (Å²) >= 11 is 0. The fourth-order valence-corrected chi connectivity index (χ4v) is 2.17. The molecule has 7 nitrogen and oxygen atoms in total. The first kappa shape index (κ1) is 14.6. The van der Waals surface area contributed by atoms with E-state index in [0.717, 1.165) is 0 Å². The molecule has 116 valence electrons. The average Bonchev–Trinajstić information content (AvgIpc) is 3.02. The van der Waals surface area contributed by atoms with Crippen LogP contribution in [-0.4, -0.2) is 17.0 Å². The maximum atomic E-state index is 12.2. The van der Waals surface area contributed by atoms with E-state index in [4.69, 9.17) is 9.15 Å². The smallest absolute Gasteiger partial charge is 0.433 e. The molecule has 1 aromatic carbocycles. The van der Waals surface area contributed by atoms with Crippen LogP contribution >= 0.6 is 0 Å². The van der Waals surface area contributed by atoms with Crippen LogP contribution in [0.25, 0.3) is 23.1 Å². The molecule has 0 aliphatic heterocycles. The summed E-state index contributed by atoms with van der Waals surface area (Å²) in [7, 11) is 1.54. The van der Waals surface area contributed by atoms with Crippen molar-refractivity contribution >= 4 is 28.9 Å². The molecule has 23 heavy (non-hydrogen) atoms. The van der Waals surface area contributed by atoms with Crippen molar-refractivity contribution in [1.29, 1.82) is 0 Å². The minimum Gasteiger partial charge on any atom is -0.497 e. The van der Waals surface area contributed by atoms with Crippen LogP contribution in [0.5, 0.6) is 5.75 Å². The molecule has 0 aliphatic carbocycles. The highest BCUT2D eigenvalue weighted by Crippen LogP contribution is 2.19. The van der Waals surface area contributed by atoms with E-state index in [9.17, 15) is 14.9 Å². The zero-order valence-electron chi connectivity index (χ0n) is 12.1. The first-order valence-electron chi connectivity index (χ1n) is 6.70. The Morgan fingerprint density at radius 1 is 1.22 bits per heavy atom. The summed E-state index contributed by atoms with van der Waals surface area (Å²) in [5.41, 5.74) is 1.08. The van der Waals surface area contributed by atoms with Crippen molar-refractivity contribution in [3.05, 3.63) is 68.2 Å². The van der Waals surface area contributed by atoms with Crippen molar-refractivity contribution in [2.45, 2.75) is 0 Å². The second-order valence-electron chi connectivity index (χ2n) is 4.77. The zero-order valence-corrected chi connectivity index (χ0v) is 12.1. The number of hydrogen-bond acceptors (Lipinski definition) is 5. The van der Waals surface area contributed by atoms with Gasteiger partial charge in [0, 0.05) is 22.7 Å². The van der Waals surface area contributed by atoms with Crippen LogP contribution in [0.15, 0.2) is 45.6 Å². The van der Waals surface area contributed by atoms with E-state index in [1.54, 1.807) is 30.4 Å². The molecular weight excluding hydrogens is 300 g/mol. The van der Waals surface area contributed by atoms with Crippen LogP contribution in [0.1, 0.15) is 11.5 Å². The third kappa shape index (κ3) is 2.98. The normalized spacial score (nSPS) is 11.2. The highest BCUT2D eigenvalue weighted by atomic mass is 16.6. The van der Waals surface area contributed by atoms with Crippen molar-refractivity contribution in [3.8, 4) is 5.75 Å². The number of nitro groups is 1. The minimum absolute atomic E-state index is 0.150. The van der Waals surface area contributed by atoms with Crippen LogP contribution in [0, 0.1) is 10.1 Å². The molecule has 0 aliphatic rings. The number of fused-ring (bicyclic) bond motifs is 1. The second kappa shape index (κ2) is 5.80. The summed E-state index contributed by atoms with van der Waals surface area (Å²) in [6, 6.07) is 9.37. The maximum Gasteiger partial charge on any atom is 0.433 e. The van der Waals surface area contributed by atoms with Gasteiger partial charge in [-0.3, -0.25) is 14.9 Å². The Hall–Kier alpha value is -3.35. The van der Waals surface area contributed by atoms with Gasteiger partial charge in [0.05, 0.1) is 13.2 Å². The Labute approximate surface area is 130 Å². The van der Waals surface area contributed by atoms with Crippen LogP contribution in [0.2, 0.25) is 0 Å². The standard InChI is InChI=1S/C16H12N2O5/c1-22-12-4-6-14-13(9-12)15(19)8-10(17-14)2-3-11-5-7-16(23-11)18(20)21/h2-9H,1H3,(H,17,19)/b3-2+. The summed E-state index contributed by atoms with van der Waals surface area (Å²) in [5, 5.41) is 11.1. The number of pyridine rings is 1. The second-order valence-corrected chi connectivity index (χ2v) is 4.77. The van der Waals surface area contributed by atoms with Gasteiger partial charge in [0.2, 0.25) is 0 Å². The SMILES string of the molecule is COc1ccc2[nH]c(/C=C/c3ccc([N+](=O)[O-])o3)cc(=O)c2c1. The number of nitrogens with zero attached hydrogens (tertiary/aromatic N) is 1. The van der Waals surface area contributed by atoms with E-state index in [1.165, 1.54) is 25.3 Å². The molecule has 7 heteroatoms. The van der Waals surface area contributed by atoms with Crippen LogP contribution in [0.4, 0.5) is 5.88 Å². The molecule has 0 saturated carbocycles. The minimum atomic E-state index is -0.609. The number of nitrogens with one attached hydrogen (secondary N) is 1. The van der Waals surface area contributed by atoms with E-state index < -0.39 is 4.92 Å². The number of H-pyrrole nitrogens is 1. The van der Waals surface area contributed by atoms with Gasteiger partial charge in [0.25, 0.3) is 0 Å². The Morgan fingerprint density at radius 2 is 2.04 bits per heavy atom. The van der Waals surface area contributed by atoms with E-state index >= 15 is 0 Å². The van der Waals surface area contributed by atoms with Gasteiger partial charge in [0.15, 0.2) is 5.43 Å². The molecule has 0 fully saturated rings. The quantitative estimate of drug-likeness (QED) is 0.589. The summed E-state index contributed by atoms with van der Waals surface area (Å²) in [5.74, 6) is 0.602. The number of ether oxygens (including phenoxy) is 1. The third-order valence-corrected chi connectivity index (χ3v) is 3.28. The van der Waals surface area contributed by atoms with Gasteiger partial charge in [-0.1, -0.05) is 0 Å². The molecule has 2 heterocycles. The fourth-order valence-electron chi connectivity index (χ4n) is 2.17. The number of aromatic nitrogens is 1. The lowest BCUT2D eigenvalue weighted by molar-refractivity contribution is -0.402. The Balaban J connectivity index is 1.95. The number of methoxy groups -OCH3 is 1. The fraction of sp³-hybridized carbons (Fsp3) is 0.0625. The Morgan fingerprint density at radius 3 is 2.74 bits per heavy atom. The van der Waals surface area contributed by atoms with E-state index in [0.29, 0.717) is 28.1 Å². The lowest BCUT2D eigenvalue weighted by Crippen LogP contribution is -2.03. The molecular formula is C16H12N2O5. The Kier molecular flexibility index (Phi) is 3.68. The molecule has 3 rings (SSSR count). The number of aromatic amines is 1. The predicted molar refractivity (Wildman–Crippen MR) is 85.4 cm³/mol. The van der Waals surface area contributed by atoms with Gasteiger partial charge in [-0.15, -0.1) is 0 Å². The Bertz CT molecular complexity index is 968. The van der Waals surface area contributed by atoms with Crippen LogP contribution in [-0.2, 0) is 0 Å². The van der Waals surface area contributed by atoms with Gasteiger partial charge in [-0.2, -0.15) is 0 Å². The zero-order chi connectivity index (χ0) is 16.4. The molecule has 2 aromatic heterocycles. The lowest BCUT2D eigenvalue weighted by atomic mass is 10.1. The number of hydrogen-bond donors (Lipinski definition) is 1. The number of furan rings is 1. The molecule has 0 saturated heterocycles.